The number of aromatic nitrogens is 3. The topological polar surface area (TPSA) is 49.2 Å². The third kappa shape index (κ3) is 3.47. The van der Waals surface area contributed by atoms with Gasteiger partial charge in [0.05, 0.1) is 26.5 Å². The Labute approximate surface area is 164 Å². The van der Waals surface area contributed by atoms with Crippen molar-refractivity contribution in [3.05, 3.63) is 84.4 Å². The van der Waals surface area contributed by atoms with Crippen molar-refractivity contribution in [3.8, 4) is 34.0 Å². The summed E-state index contributed by atoms with van der Waals surface area (Å²) in [5.41, 5.74) is 4.93. The molecule has 5 nitrogen and oxygen atoms in total. The van der Waals surface area contributed by atoms with E-state index < -0.39 is 0 Å². The van der Waals surface area contributed by atoms with E-state index in [2.05, 4.69) is 22.4 Å². The Morgan fingerprint density at radius 3 is 2.11 bits per heavy atom. The van der Waals surface area contributed by atoms with Crippen LogP contribution in [-0.4, -0.2) is 29.2 Å². The maximum absolute atomic E-state index is 5.50. The Morgan fingerprint density at radius 2 is 1.43 bits per heavy atom. The average molecular weight is 371 g/mol. The summed E-state index contributed by atoms with van der Waals surface area (Å²) in [7, 11) is 3.27. The van der Waals surface area contributed by atoms with Gasteiger partial charge in [-0.2, -0.15) is 0 Å². The molecule has 28 heavy (non-hydrogen) atoms. The molecule has 0 unspecified atom stereocenters. The number of ether oxygens (including phenoxy) is 2. The van der Waals surface area contributed by atoms with Crippen LogP contribution in [0, 0.1) is 0 Å². The highest BCUT2D eigenvalue weighted by Crippen LogP contribution is 2.36. The molecule has 0 radical (unpaired) electrons. The van der Waals surface area contributed by atoms with Crippen molar-refractivity contribution in [2.75, 3.05) is 14.2 Å². The van der Waals surface area contributed by atoms with E-state index in [1.165, 1.54) is 0 Å². The van der Waals surface area contributed by atoms with Crippen molar-refractivity contribution in [1.29, 1.82) is 0 Å². The molecule has 0 atom stereocenters. The normalized spacial score (nSPS) is 10.6. The summed E-state index contributed by atoms with van der Waals surface area (Å²) in [6.07, 6.45) is 0. The Balaban J connectivity index is 1.86. The molecule has 4 rings (SSSR count). The van der Waals surface area contributed by atoms with E-state index in [0.29, 0.717) is 18.0 Å². The highest BCUT2D eigenvalue weighted by Gasteiger charge is 2.18. The van der Waals surface area contributed by atoms with Crippen molar-refractivity contribution in [2.45, 2.75) is 6.54 Å². The molecule has 3 aromatic carbocycles. The summed E-state index contributed by atoms with van der Waals surface area (Å²) in [4.78, 5) is 0. The van der Waals surface area contributed by atoms with Gasteiger partial charge in [0.15, 0.2) is 11.5 Å². The first-order valence-corrected chi connectivity index (χ1v) is 9.05. The van der Waals surface area contributed by atoms with Crippen LogP contribution in [0.15, 0.2) is 78.9 Å². The smallest absolute Gasteiger partial charge is 0.161 e. The molecule has 0 bridgehead atoms. The quantitative estimate of drug-likeness (QED) is 0.494. The first-order valence-electron chi connectivity index (χ1n) is 9.05. The minimum atomic E-state index is 0.629. The fourth-order valence-electron chi connectivity index (χ4n) is 3.24. The fourth-order valence-corrected chi connectivity index (χ4v) is 3.24. The second kappa shape index (κ2) is 7.96. The third-order valence-electron chi connectivity index (χ3n) is 4.61. The molecular weight excluding hydrogens is 350 g/mol. The fraction of sp³-hybridized carbons (Fsp3) is 0.130. The molecule has 1 heterocycles. The van der Waals surface area contributed by atoms with Gasteiger partial charge in [0.1, 0.15) is 5.69 Å². The molecular formula is C23H21N3O2. The molecule has 0 N–H and O–H groups in total. The number of benzene rings is 3. The third-order valence-corrected chi connectivity index (χ3v) is 4.61. The van der Waals surface area contributed by atoms with Gasteiger partial charge in [0, 0.05) is 11.1 Å². The summed E-state index contributed by atoms with van der Waals surface area (Å²) < 4.78 is 12.8. The predicted molar refractivity (Wildman–Crippen MR) is 110 cm³/mol. The second-order valence-electron chi connectivity index (χ2n) is 6.37. The first-order chi connectivity index (χ1) is 13.8. The molecule has 0 amide bonds. The van der Waals surface area contributed by atoms with Gasteiger partial charge in [0.25, 0.3) is 0 Å². The summed E-state index contributed by atoms with van der Waals surface area (Å²) >= 11 is 0. The van der Waals surface area contributed by atoms with E-state index in [4.69, 9.17) is 9.47 Å². The molecule has 0 spiro atoms. The highest BCUT2D eigenvalue weighted by atomic mass is 16.5. The lowest BCUT2D eigenvalue weighted by molar-refractivity contribution is 0.355. The molecule has 1 aromatic heterocycles. The van der Waals surface area contributed by atoms with E-state index in [-0.39, 0.29) is 0 Å². The Hall–Kier alpha value is -3.60. The van der Waals surface area contributed by atoms with Gasteiger partial charge in [-0.1, -0.05) is 65.9 Å². The van der Waals surface area contributed by atoms with Crippen LogP contribution in [0.3, 0.4) is 0 Å². The zero-order valence-corrected chi connectivity index (χ0v) is 15.9. The van der Waals surface area contributed by atoms with Crippen molar-refractivity contribution in [3.63, 3.8) is 0 Å². The molecule has 0 fully saturated rings. The minimum Gasteiger partial charge on any atom is -0.493 e. The maximum Gasteiger partial charge on any atom is 0.161 e. The van der Waals surface area contributed by atoms with Gasteiger partial charge in [-0.05, 0) is 23.8 Å². The number of nitrogens with zero attached hydrogens (tertiary/aromatic N) is 3. The van der Waals surface area contributed by atoms with Gasteiger partial charge >= 0.3 is 0 Å². The van der Waals surface area contributed by atoms with Crippen LogP contribution in [-0.2, 0) is 6.54 Å². The van der Waals surface area contributed by atoms with Crippen LogP contribution in [0.2, 0.25) is 0 Å². The van der Waals surface area contributed by atoms with Crippen LogP contribution in [0.25, 0.3) is 22.5 Å². The lowest BCUT2D eigenvalue weighted by Gasteiger charge is -2.12. The molecule has 0 aliphatic carbocycles. The van der Waals surface area contributed by atoms with Gasteiger partial charge in [-0.15, -0.1) is 5.10 Å². The molecule has 0 aliphatic rings. The summed E-state index contributed by atoms with van der Waals surface area (Å²) in [6, 6.07) is 26.2. The monoisotopic (exact) mass is 371 g/mol. The summed E-state index contributed by atoms with van der Waals surface area (Å²) in [5, 5.41) is 8.95. The number of hydrogen-bond donors (Lipinski definition) is 0. The van der Waals surface area contributed by atoms with Gasteiger partial charge in [-0.25, -0.2) is 4.68 Å². The zero-order chi connectivity index (χ0) is 19.3. The number of methoxy groups -OCH3 is 2. The van der Waals surface area contributed by atoms with E-state index in [1.54, 1.807) is 14.2 Å². The molecule has 140 valence electrons. The Morgan fingerprint density at radius 1 is 0.750 bits per heavy atom. The number of rotatable bonds is 6. The Kier molecular flexibility index (Phi) is 5.06. The molecule has 0 saturated heterocycles. The molecule has 0 saturated carbocycles. The van der Waals surface area contributed by atoms with E-state index in [0.717, 1.165) is 28.1 Å². The first kappa shape index (κ1) is 17.8. The summed E-state index contributed by atoms with van der Waals surface area (Å²) in [5.74, 6) is 1.36. The predicted octanol–water partition coefficient (Wildman–Crippen LogP) is 4.68. The van der Waals surface area contributed by atoms with Crippen molar-refractivity contribution in [2.24, 2.45) is 0 Å². The van der Waals surface area contributed by atoms with Crippen LogP contribution in [0.5, 0.6) is 11.5 Å². The van der Waals surface area contributed by atoms with Gasteiger partial charge < -0.3 is 9.47 Å². The van der Waals surface area contributed by atoms with Crippen LogP contribution < -0.4 is 9.47 Å². The standard InChI is InChI=1S/C23H21N3O2/c1-27-20-14-13-19(15-21(20)28-2)23-22(18-11-7-4-8-12-18)24-25-26(23)16-17-9-5-3-6-10-17/h3-15H,16H2,1-2H3. The molecule has 5 heteroatoms. The lowest BCUT2D eigenvalue weighted by Crippen LogP contribution is -2.04. The minimum absolute atomic E-state index is 0.629. The van der Waals surface area contributed by atoms with Crippen LogP contribution in [0.1, 0.15) is 5.56 Å². The largest absolute Gasteiger partial charge is 0.493 e. The van der Waals surface area contributed by atoms with Gasteiger partial charge in [-0.3, -0.25) is 0 Å². The summed E-state index contributed by atoms with van der Waals surface area (Å²) in [6.45, 7) is 0.629. The van der Waals surface area contributed by atoms with Gasteiger partial charge in [0.2, 0.25) is 0 Å². The average Bonchev–Trinajstić information content (AvgIpc) is 3.18. The maximum atomic E-state index is 5.50. The van der Waals surface area contributed by atoms with E-state index in [9.17, 15) is 0 Å². The Bertz CT molecular complexity index is 1060. The van der Waals surface area contributed by atoms with E-state index in [1.807, 2.05) is 71.4 Å². The van der Waals surface area contributed by atoms with Crippen molar-refractivity contribution in [1.82, 2.24) is 15.0 Å². The lowest BCUT2D eigenvalue weighted by atomic mass is 10.0. The zero-order valence-electron chi connectivity index (χ0n) is 15.9. The van der Waals surface area contributed by atoms with Crippen LogP contribution >= 0.6 is 0 Å². The van der Waals surface area contributed by atoms with Crippen LogP contribution in [0.4, 0.5) is 0 Å². The second-order valence-corrected chi connectivity index (χ2v) is 6.37. The molecule has 4 aromatic rings. The van der Waals surface area contributed by atoms with Crippen molar-refractivity contribution < 1.29 is 9.47 Å². The molecule has 0 aliphatic heterocycles. The highest BCUT2D eigenvalue weighted by molar-refractivity contribution is 5.79. The SMILES string of the molecule is COc1ccc(-c2c(-c3ccccc3)nnn2Cc2ccccc2)cc1OC. The van der Waals surface area contributed by atoms with E-state index >= 15 is 0 Å². The number of hydrogen-bond acceptors (Lipinski definition) is 4. The van der Waals surface area contributed by atoms with Crippen molar-refractivity contribution >= 4 is 0 Å².